The Bertz CT molecular complexity index is 441. The van der Waals surface area contributed by atoms with Crippen LogP contribution in [0.5, 0.6) is 0 Å². The molecule has 110 valence electrons. The fourth-order valence-electron chi connectivity index (χ4n) is 1.80. The van der Waals surface area contributed by atoms with E-state index in [0.29, 0.717) is 17.8 Å². The van der Waals surface area contributed by atoms with Gasteiger partial charge in [-0.2, -0.15) is 0 Å². The molecule has 0 bridgehead atoms. The molecule has 3 N–H and O–H groups in total. The SMILES string of the molecule is CCN(CC)CCNC(=O)c1ccc(NC(=O)O)cc1. The maximum absolute atomic E-state index is 11.9. The summed E-state index contributed by atoms with van der Waals surface area (Å²) in [4.78, 5) is 24.5. The van der Waals surface area contributed by atoms with Crippen LogP contribution in [0, 0.1) is 0 Å². The van der Waals surface area contributed by atoms with Gasteiger partial charge in [0, 0.05) is 24.3 Å². The van der Waals surface area contributed by atoms with Crippen LogP contribution in [-0.4, -0.2) is 48.2 Å². The lowest BCUT2D eigenvalue weighted by atomic mass is 10.2. The van der Waals surface area contributed by atoms with Gasteiger partial charge in [0.15, 0.2) is 0 Å². The highest BCUT2D eigenvalue weighted by Gasteiger charge is 2.06. The van der Waals surface area contributed by atoms with Gasteiger partial charge in [0.2, 0.25) is 0 Å². The zero-order valence-corrected chi connectivity index (χ0v) is 11.8. The number of benzene rings is 1. The van der Waals surface area contributed by atoms with Crippen molar-refractivity contribution in [3.8, 4) is 0 Å². The van der Waals surface area contributed by atoms with Crippen molar-refractivity contribution in [2.24, 2.45) is 0 Å². The molecule has 0 aliphatic rings. The molecule has 1 aromatic carbocycles. The molecule has 20 heavy (non-hydrogen) atoms. The molecular formula is C14H21N3O3. The molecule has 0 saturated carbocycles. The minimum Gasteiger partial charge on any atom is -0.465 e. The Labute approximate surface area is 118 Å². The van der Waals surface area contributed by atoms with Crippen molar-refractivity contribution < 1.29 is 14.7 Å². The van der Waals surface area contributed by atoms with Crippen molar-refractivity contribution in [3.63, 3.8) is 0 Å². The number of carbonyl (C=O) groups excluding carboxylic acids is 1. The summed E-state index contributed by atoms with van der Waals surface area (Å²) in [5, 5.41) is 13.6. The van der Waals surface area contributed by atoms with Gasteiger partial charge >= 0.3 is 6.09 Å². The fourth-order valence-corrected chi connectivity index (χ4v) is 1.80. The summed E-state index contributed by atoms with van der Waals surface area (Å²) in [5.41, 5.74) is 0.956. The predicted octanol–water partition coefficient (Wildman–Crippen LogP) is 1.85. The number of likely N-dealkylation sites (N-methyl/N-ethyl adjacent to an activating group) is 1. The van der Waals surface area contributed by atoms with E-state index in [1.807, 2.05) is 0 Å². The first-order valence-electron chi connectivity index (χ1n) is 6.67. The van der Waals surface area contributed by atoms with E-state index in [4.69, 9.17) is 5.11 Å². The minimum atomic E-state index is -1.12. The second kappa shape index (κ2) is 8.16. The molecule has 0 unspecified atom stereocenters. The van der Waals surface area contributed by atoms with Crippen molar-refractivity contribution in [2.75, 3.05) is 31.5 Å². The van der Waals surface area contributed by atoms with Crippen LogP contribution in [0.15, 0.2) is 24.3 Å². The quantitative estimate of drug-likeness (QED) is 0.711. The summed E-state index contributed by atoms with van der Waals surface area (Å²) < 4.78 is 0. The Morgan fingerprint density at radius 2 is 1.75 bits per heavy atom. The highest BCUT2D eigenvalue weighted by atomic mass is 16.4. The molecular weight excluding hydrogens is 258 g/mol. The molecule has 2 amide bonds. The molecule has 1 rings (SSSR count). The van der Waals surface area contributed by atoms with Crippen LogP contribution >= 0.6 is 0 Å². The van der Waals surface area contributed by atoms with E-state index in [0.717, 1.165) is 19.6 Å². The molecule has 0 aliphatic carbocycles. The summed E-state index contributed by atoms with van der Waals surface area (Å²) in [7, 11) is 0. The van der Waals surface area contributed by atoms with Crippen LogP contribution in [0.2, 0.25) is 0 Å². The lowest BCUT2D eigenvalue weighted by Crippen LogP contribution is -2.34. The van der Waals surface area contributed by atoms with Crippen LogP contribution in [0.1, 0.15) is 24.2 Å². The summed E-state index contributed by atoms with van der Waals surface area (Å²) in [6.07, 6.45) is -1.12. The topological polar surface area (TPSA) is 81.7 Å². The third kappa shape index (κ3) is 5.27. The number of rotatable bonds is 7. The second-order valence-electron chi connectivity index (χ2n) is 4.29. The Hall–Kier alpha value is -2.08. The zero-order chi connectivity index (χ0) is 15.0. The van der Waals surface area contributed by atoms with E-state index >= 15 is 0 Å². The first-order chi connectivity index (χ1) is 9.56. The molecule has 0 heterocycles. The van der Waals surface area contributed by atoms with Crippen LogP contribution < -0.4 is 10.6 Å². The van der Waals surface area contributed by atoms with E-state index in [1.54, 1.807) is 24.3 Å². The minimum absolute atomic E-state index is 0.154. The number of amides is 2. The summed E-state index contributed by atoms with van der Waals surface area (Å²) in [6.45, 7) is 7.50. The number of carbonyl (C=O) groups is 2. The van der Waals surface area contributed by atoms with E-state index in [9.17, 15) is 9.59 Å². The molecule has 6 nitrogen and oxygen atoms in total. The number of hydrogen-bond donors (Lipinski definition) is 3. The standard InChI is InChI=1S/C14H21N3O3/c1-3-17(4-2)10-9-15-13(18)11-5-7-12(8-6-11)16-14(19)20/h5-8,16H,3-4,9-10H2,1-2H3,(H,15,18)(H,19,20). The highest BCUT2D eigenvalue weighted by Crippen LogP contribution is 2.09. The second-order valence-corrected chi connectivity index (χ2v) is 4.29. The maximum atomic E-state index is 11.9. The normalized spacial score (nSPS) is 10.3. The third-order valence-corrected chi connectivity index (χ3v) is 3.01. The average Bonchev–Trinajstić information content (AvgIpc) is 2.43. The molecule has 0 radical (unpaired) electrons. The van der Waals surface area contributed by atoms with Crippen LogP contribution in [-0.2, 0) is 0 Å². The predicted molar refractivity (Wildman–Crippen MR) is 78.2 cm³/mol. The number of anilines is 1. The largest absolute Gasteiger partial charge is 0.465 e. The van der Waals surface area contributed by atoms with Gasteiger partial charge < -0.3 is 15.3 Å². The van der Waals surface area contributed by atoms with Crippen molar-refractivity contribution >= 4 is 17.7 Å². The van der Waals surface area contributed by atoms with Gasteiger partial charge in [0.05, 0.1) is 0 Å². The Morgan fingerprint density at radius 3 is 2.25 bits per heavy atom. The molecule has 0 saturated heterocycles. The van der Waals surface area contributed by atoms with Crippen molar-refractivity contribution in [3.05, 3.63) is 29.8 Å². The van der Waals surface area contributed by atoms with Gasteiger partial charge in [-0.05, 0) is 37.4 Å². The van der Waals surface area contributed by atoms with Gasteiger partial charge in [-0.1, -0.05) is 13.8 Å². The van der Waals surface area contributed by atoms with Gasteiger partial charge in [-0.3, -0.25) is 10.1 Å². The summed E-state index contributed by atoms with van der Waals surface area (Å²) >= 11 is 0. The van der Waals surface area contributed by atoms with Gasteiger partial charge in [-0.15, -0.1) is 0 Å². The number of nitrogens with one attached hydrogen (secondary N) is 2. The van der Waals surface area contributed by atoms with Crippen molar-refractivity contribution in [1.29, 1.82) is 0 Å². The first-order valence-corrected chi connectivity index (χ1v) is 6.67. The third-order valence-electron chi connectivity index (χ3n) is 3.01. The first kappa shape index (κ1) is 16.0. The molecule has 0 fully saturated rings. The zero-order valence-electron chi connectivity index (χ0n) is 11.8. The maximum Gasteiger partial charge on any atom is 0.409 e. The van der Waals surface area contributed by atoms with Crippen LogP contribution in [0.3, 0.4) is 0 Å². The molecule has 0 spiro atoms. The average molecular weight is 279 g/mol. The van der Waals surface area contributed by atoms with Crippen molar-refractivity contribution in [2.45, 2.75) is 13.8 Å². The lowest BCUT2D eigenvalue weighted by molar-refractivity contribution is 0.0949. The van der Waals surface area contributed by atoms with Crippen molar-refractivity contribution in [1.82, 2.24) is 10.2 Å². The van der Waals surface area contributed by atoms with E-state index in [1.165, 1.54) is 0 Å². The van der Waals surface area contributed by atoms with E-state index < -0.39 is 6.09 Å². The van der Waals surface area contributed by atoms with E-state index in [-0.39, 0.29) is 5.91 Å². The molecule has 0 atom stereocenters. The van der Waals surface area contributed by atoms with Gasteiger partial charge in [0.25, 0.3) is 5.91 Å². The monoisotopic (exact) mass is 279 g/mol. The Kier molecular flexibility index (Phi) is 6.52. The molecule has 6 heteroatoms. The summed E-state index contributed by atoms with van der Waals surface area (Å²) in [5.74, 6) is -0.154. The number of nitrogens with zero attached hydrogens (tertiary/aromatic N) is 1. The molecule has 1 aromatic rings. The Balaban J connectivity index is 2.45. The molecule has 0 aromatic heterocycles. The Morgan fingerprint density at radius 1 is 1.15 bits per heavy atom. The molecule has 0 aliphatic heterocycles. The highest BCUT2D eigenvalue weighted by molar-refractivity contribution is 5.95. The lowest BCUT2D eigenvalue weighted by Gasteiger charge is -2.17. The summed E-state index contributed by atoms with van der Waals surface area (Å²) in [6, 6.07) is 6.32. The van der Waals surface area contributed by atoms with Crippen LogP contribution in [0.25, 0.3) is 0 Å². The number of hydrogen-bond acceptors (Lipinski definition) is 3. The fraction of sp³-hybridized carbons (Fsp3) is 0.429. The van der Waals surface area contributed by atoms with Crippen LogP contribution in [0.4, 0.5) is 10.5 Å². The van der Waals surface area contributed by atoms with Gasteiger partial charge in [0.1, 0.15) is 0 Å². The smallest absolute Gasteiger partial charge is 0.409 e. The van der Waals surface area contributed by atoms with Gasteiger partial charge in [-0.25, -0.2) is 4.79 Å². The number of carboxylic acid groups (broad SMARTS) is 1. The van der Waals surface area contributed by atoms with E-state index in [2.05, 4.69) is 29.4 Å².